The Balaban J connectivity index is 1.51. The van der Waals surface area contributed by atoms with Gasteiger partial charge in [-0.25, -0.2) is 4.98 Å². The number of hydrogen-bond donors (Lipinski definition) is 2. The van der Waals surface area contributed by atoms with E-state index in [1.807, 2.05) is 78.2 Å². The number of nitrogens with zero attached hydrogens (tertiary/aromatic N) is 2. The lowest BCUT2D eigenvalue weighted by atomic mass is 10.2. The van der Waals surface area contributed by atoms with Gasteiger partial charge >= 0.3 is 0 Å². The smallest absolute Gasteiger partial charge is 0.244 e. The van der Waals surface area contributed by atoms with Crippen molar-refractivity contribution >= 4 is 28.6 Å². The molecule has 2 N–H and O–H groups in total. The van der Waals surface area contributed by atoms with Crippen LogP contribution in [0, 0.1) is 0 Å². The Morgan fingerprint density at radius 2 is 1.70 bits per heavy atom. The van der Waals surface area contributed by atoms with Gasteiger partial charge in [0.1, 0.15) is 12.3 Å². The molecule has 0 fully saturated rings. The van der Waals surface area contributed by atoms with E-state index < -0.39 is 0 Å². The van der Waals surface area contributed by atoms with Gasteiger partial charge in [-0.3, -0.25) is 4.79 Å². The van der Waals surface area contributed by atoms with Crippen LogP contribution in [-0.4, -0.2) is 22.1 Å². The van der Waals surface area contributed by atoms with Crippen molar-refractivity contribution in [2.24, 2.45) is 0 Å². The first-order valence-electron chi connectivity index (χ1n) is 9.98. The fraction of sp³-hybridized carbons (Fsp3) is 0.167. The second-order valence-corrected chi connectivity index (χ2v) is 6.85. The second kappa shape index (κ2) is 9.13. The van der Waals surface area contributed by atoms with Gasteiger partial charge in [0.15, 0.2) is 0 Å². The summed E-state index contributed by atoms with van der Waals surface area (Å²) in [6.07, 6.45) is 0. The van der Waals surface area contributed by atoms with Crippen molar-refractivity contribution in [1.29, 1.82) is 0 Å². The maximum absolute atomic E-state index is 12.7. The van der Waals surface area contributed by atoms with Gasteiger partial charge in [-0.1, -0.05) is 42.5 Å². The fourth-order valence-corrected chi connectivity index (χ4v) is 3.29. The van der Waals surface area contributed by atoms with Crippen molar-refractivity contribution in [3.63, 3.8) is 0 Å². The van der Waals surface area contributed by atoms with Gasteiger partial charge in [-0.2, -0.15) is 0 Å². The number of carbonyl (C=O) groups is 1. The SMILES string of the molecule is CCOc1ccc(NC(=O)Cn2c(NCc3ccccc3)nc3ccccc32)cc1. The molecule has 0 saturated carbocycles. The summed E-state index contributed by atoms with van der Waals surface area (Å²) >= 11 is 0. The van der Waals surface area contributed by atoms with Crippen molar-refractivity contribution in [3.05, 3.63) is 84.4 Å². The van der Waals surface area contributed by atoms with Crippen LogP contribution in [0.15, 0.2) is 78.9 Å². The van der Waals surface area contributed by atoms with Crippen LogP contribution < -0.4 is 15.4 Å². The minimum Gasteiger partial charge on any atom is -0.494 e. The molecule has 0 unspecified atom stereocenters. The van der Waals surface area contributed by atoms with E-state index in [2.05, 4.69) is 27.8 Å². The average molecular weight is 400 g/mol. The Morgan fingerprint density at radius 3 is 2.47 bits per heavy atom. The van der Waals surface area contributed by atoms with E-state index in [9.17, 15) is 4.79 Å². The number of rotatable bonds is 8. The summed E-state index contributed by atoms with van der Waals surface area (Å²) in [7, 11) is 0. The van der Waals surface area contributed by atoms with Gasteiger partial charge in [0, 0.05) is 12.2 Å². The molecule has 1 heterocycles. The molecule has 0 bridgehead atoms. The highest BCUT2D eigenvalue weighted by atomic mass is 16.5. The summed E-state index contributed by atoms with van der Waals surface area (Å²) in [5.74, 6) is 1.33. The third-order valence-corrected chi connectivity index (χ3v) is 4.70. The fourth-order valence-electron chi connectivity index (χ4n) is 3.29. The molecule has 4 aromatic rings. The number of amides is 1. The van der Waals surface area contributed by atoms with Crippen LogP contribution in [0.2, 0.25) is 0 Å². The largest absolute Gasteiger partial charge is 0.494 e. The molecule has 1 amide bonds. The molecule has 6 nitrogen and oxygen atoms in total. The lowest BCUT2D eigenvalue weighted by Crippen LogP contribution is -2.20. The molecule has 0 radical (unpaired) electrons. The minimum absolute atomic E-state index is 0.120. The summed E-state index contributed by atoms with van der Waals surface area (Å²) < 4.78 is 7.35. The number of imidazole rings is 1. The quantitative estimate of drug-likeness (QED) is 0.450. The van der Waals surface area contributed by atoms with Crippen molar-refractivity contribution < 1.29 is 9.53 Å². The molecule has 0 atom stereocenters. The highest BCUT2D eigenvalue weighted by molar-refractivity contribution is 5.92. The Hall–Kier alpha value is -3.80. The zero-order valence-electron chi connectivity index (χ0n) is 16.8. The lowest BCUT2D eigenvalue weighted by Gasteiger charge is -2.12. The van der Waals surface area contributed by atoms with Gasteiger partial charge < -0.3 is 19.9 Å². The molecule has 0 aliphatic rings. The number of anilines is 2. The molecule has 30 heavy (non-hydrogen) atoms. The van der Waals surface area contributed by atoms with Crippen LogP contribution in [0.25, 0.3) is 11.0 Å². The van der Waals surface area contributed by atoms with Crippen LogP contribution in [0.5, 0.6) is 5.75 Å². The third-order valence-electron chi connectivity index (χ3n) is 4.70. The van der Waals surface area contributed by atoms with E-state index in [4.69, 9.17) is 4.74 Å². The first kappa shape index (κ1) is 19.5. The van der Waals surface area contributed by atoms with Crippen LogP contribution in [0.1, 0.15) is 12.5 Å². The lowest BCUT2D eigenvalue weighted by molar-refractivity contribution is -0.116. The second-order valence-electron chi connectivity index (χ2n) is 6.85. The van der Waals surface area contributed by atoms with Crippen molar-refractivity contribution in [1.82, 2.24) is 9.55 Å². The number of hydrogen-bond acceptors (Lipinski definition) is 4. The number of ether oxygens (including phenoxy) is 1. The molecule has 152 valence electrons. The number of para-hydroxylation sites is 2. The van der Waals surface area contributed by atoms with E-state index in [1.54, 1.807) is 0 Å². The maximum Gasteiger partial charge on any atom is 0.244 e. The summed E-state index contributed by atoms with van der Waals surface area (Å²) in [5.41, 5.74) is 3.64. The number of fused-ring (bicyclic) bond motifs is 1. The Bertz CT molecular complexity index is 1120. The van der Waals surface area contributed by atoms with Gasteiger partial charge in [0.05, 0.1) is 17.6 Å². The Labute approximate surface area is 175 Å². The molecule has 0 saturated heterocycles. The molecule has 0 aliphatic carbocycles. The molecule has 1 aromatic heterocycles. The number of nitrogens with one attached hydrogen (secondary N) is 2. The van der Waals surface area contributed by atoms with Crippen molar-refractivity contribution in [2.45, 2.75) is 20.0 Å². The van der Waals surface area contributed by atoms with Gasteiger partial charge in [0.25, 0.3) is 0 Å². The summed E-state index contributed by atoms with van der Waals surface area (Å²) in [6.45, 7) is 3.34. The summed E-state index contributed by atoms with van der Waals surface area (Å²) in [4.78, 5) is 17.4. The number of aromatic nitrogens is 2. The first-order chi connectivity index (χ1) is 14.7. The number of benzene rings is 3. The highest BCUT2D eigenvalue weighted by Crippen LogP contribution is 2.21. The molecular weight excluding hydrogens is 376 g/mol. The molecule has 6 heteroatoms. The van der Waals surface area contributed by atoms with E-state index in [1.165, 1.54) is 0 Å². The van der Waals surface area contributed by atoms with E-state index in [0.29, 0.717) is 19.1 Å². The molecule has 3 aromatic carbocycles. The predicted octanol–water partition coefficient (Wildman–Crippen LogP) is 4.69. The molecular formula is C24H24N4O2. The molecule has 0 aliphatic heterocycles. The van der Waals surface area contributed by atoms with Crippen molar-refractivity contribution in [3.8, 4) is 5.75 Å². The third kappa shape index (κ3) is 4.60. The van der Waals surface area contributed by atoms with E-state index >= 15 is 0 Å². The topological polar surface area (TPSA) is 68.2 Å². The average Bonchev–Trinajstić information content (AvgIpc) is 3.12. The van der Waals surface area contributed by atoms with E-state index in [-0.39, 0.29) is 12.5 Å². The van der Waals surface area contributed by atoms with Gasteiger partial charge in [-0.05, 0) is 48.9 Å². The van der Waals surface area contributed by atoms with Gasteiger partial charge in [-0.15, -0.1) is 0 Å². The van der Waals surface area contributed by atoms with Crippen molar-refractivity contribution in [2.75, 3.05) is 17.2 Å². The van der Waals surface area contributed by atoms with E-state index in [0.717, 1.165) is 28.0 Å². The minimum atomic E-state index is -0.120. The van der Waals surface area contributed by atoms with Gasteiger partial charge in [0.2, 0.25) is 11.9 Å². The standard InChI is InChI=1S/C24H24N4O2/c1-2-30-20-14-12-19(13-15-20)26-23(29)17-28-22-11-7-6-10-21(22)27-24(28)25-16-18-8-4-3-5-9-18/h3-15H,2,16-17H2,1H3,(H,25,27)(H,26,29). The highest BCUT2D eigenvalue weighted by Gasteiger charge is 2.14. The molecule has 0 spiro atoms. The summed E-state index contributed by atoms with van der Waals surface area (Å²) in [5, 5.41) is 6.31. The zero-order valence-corrected chi connectivity index (χ0v) is 16.8. The maximum atomic E-state index is 12.7. The van der Waals surface area contributed by atoms with Crippen LogP contribution >= 0.6 is 0 Å². The Kier molecular flexibility index (Phi) is 5.94. The van der Waals surface area contributed by atoms with Crippen LogP contribution in [0.4, 0.5) is 11.6 Å². The summed E-state index contributed by atoms with van der Waals surface area (Å²) in [6, 6.07) is 25.3. The zero-order chi connectivity index (χ0) is 20.8. The first-order valence-corrected chi connectivity index (χ1v) is 9.98. The molecule has 4 rings (SSSR count). The number of carbonyl (C=O) groups excluding carboxylic acids is 1. The Morgan fingerprint density at radius 1 is 0.967 bits per heavy atom. The van der Waals surface area contributed by atoms with Crippen LogP contribution in [0.3, 0.4) is 0 Å². The predicted molar refractivity (Wildman–Crippen MR) is 120 cm³/mol. The van der Waals surface area contributed by atoms with Crippen LogP contribution in [-0.2, 0) is 17.9 Å². The normalized spacial score (nSPS) is 10.7. The monoisotopic (exact) mass is 400 g/mol.